The van der Waals surface area contributed by atoms with Crippen LogP contribution in [-0.4, -0.2) is 33.9 Å². The SMILES string of the molecule is CN1C(=O)C[C@H](NCc2ncc[nH]2)[C@@H]1c1ccc(Cl)cc1. The molecule has 1 aliphatic heterocycles. The lowest BCUT2D eigenvalue weighted by molar-refractivity contribution is -0.127. The molecular formula is C15H17ClN4O. The number of likely N-dealkylation sites (tertiary alicyclic amines) is 1. The van der Waals surface area contributed by atoms with Gasteiger partial charge in [0.2, 0.25) is 5.91 Å². The number of hydrogen-bond donors (Lipinski definition) is 2. The van der Waals surface area contributed by atoms with Crippen LogP contribution in [0.4, 0.5) is 0 Å². The molecule has 2 atom stereocenters. The van der Waals surface area contributed by atoms with E-state index in [4.69, 9.17) is 11.6 Å². The Kier molecular flexibility index (Phi) is 3.94. The molecule has 1 aromatic carbocycles. The van der Waals surface area contributed by atoms with E-state index >= 15 is 0 Å². The minimum Gasteiger partial charge on any atom is -0.348 e. The average molecular weight is 305 g/mol. The van der Waals surface area contributed by atoms with Crippen LogP contribution in [0.5, 0.6) is 0 Å². The van der Waals surface area contributed by atoms with Crippen LogP contribution in [-0.2, 0) is 11.3 Å². The molecule has 3 rings (SSSR count). The van der Waals surface area contributed by atoms with Gasteiger partial charge in [0.1, 0.15) is 5.82 Å². The summed E-state index contributed by atoms with van der Waals surface area (Å²) in [5, 5.41) is 4.12. The Balaban J connectivity index is 1.77. The molecule has 2 aromatic rings. The number of benzene rings is 1. The number of carbonyl (C=O) groups excluding carboxylic acids is 1. The fourth-order valence-corrected chi connectivity index (χ4v) is 2.92. The van der Waals surface area contributed by atoms with Gasteiger partial charge in [-0.25, -0.2) is 4.98 Å². The Hall–Kier alpha value is -1.85. The lowest BCUT2D eigenvalue weighted by Gasteiger charge is -2.26. The van der Waals surface area contributed by atoms with Gasteiger partial charge in [0.15, 0.2) is 0 Å². The summed E-state index contributed by atoms with van der Waals surface area (Å²) in [7, 11) is 1.84. The molecule has 2 N–H and O–H groups in total. The number of imidazole rings is 1. The third kappa shape index (κ3) is 2.94. The highest BCUT2D eigenvalue weighted by Gasteiger charge is 2.38. The van der Waals surface area contributed by atoms with Crippen LogP contribution in [0.3, 0.4) is 0 Å². The highest BCUT2D eigenvalue weighted by atomic mass is 35.5. The summed E-state index contributed by atoms with van der Waals surface area (Å²) in [5.41, 5.74) is 1.09. The number of H-pyrrole nitrogens is 1. The maximum absolute atomic E-state index is 12.0. The van der Waals surface area contributed by atoms with Crippen molar-refractivity contribution in [2.45, 2.75) is 25.0 Å². The molecule has 0 unspecified atom stereocenters. The van der Waals surface area contributed by atoms with Gasteiger partial charge >= 0.3 is 0 Å². The van der Waals surface area contributed by atoms with Crippen molar-refractivity contribution in [3.63, 3.8) is 0 Å². The molecule has 0 bridgehead atoms. The summed E-state index contributed by atoms with van der Waals surface area (Å²) in [6.07, 6.45) is 4.00. The van der Waals surface area contributed by atoms with Crippen molar-refractivity contribution in [2.24, 2.45) is 0 Å². The summed E-state index contributed by atoms with van der Waals surface area (Å²) in [6.45, 7) is 0.614. The zero-order valence-corrected chi connectivity index (χ0v) is 12.5. The molecule has 2 heterocycles. The second kappa shape index (κ2) is 5.87. The van der Waals surface area contributed by atoms with E-state index in [2.05, 4.69) is 15.3 Å². The number of aromatic nitrogens is 2. The van der Waals surface area contributed by atoms with Gasteiger partial charge in [-0.15, -0.1) is 0 Å². The van der Waals surface area contributed by atoms with Crippen LogP contribution in [0.15, 0.2) is 36.7 Å². The highest BCUT2D eigenvalue weighted by Crippen LogP contribution is 2.32. The molecular weight excluding hydrogens is 288 g/mol. The van der Waals surface area contributed by atoms with E-state index in [9.17, 15) is 4.79 Å². The molecule has 1 amide bonds. The Labute approximate surface area is 128 Å². The van der Waals surface area contributed by atoms with Crippen LogP contribution in [0.1, 0.15) is 23.9 Å². The molecule has 1 saturated heterocycles. The van der Waals surface area contributed by atoms with E-state index in [1.54, 1.807) is 17.3 Å². The average Bonchev–Trinajstić information content (AvgIpc) is 3.08. The van der Waals surface area contributed by atoms with Crippen LogP contribution < -0.4 is 5.32 Å². The maximum atomic E-state index is 12.0. The van der Waals surface area contributed by atoms with E-state index in [0.717, 1.165) is 11.4 Å². The molecule has 110 valence electrons. The number of hydrogen-bond acceptors (Lipinski definition) is 3. The topological polar surface area (TPSA) is 61.0 Å². The number of carbonyl (C=O) groups is 1. The monoisotopic (exact) mass is 304 g/mol. The normalized spacial score (nSPS) is 22.0. The van der Waals surface area contributed by atoms with Gasteiger partial charge in [0, 0.05) is 36.9 Å². The van der Waals surface area contributed by atoms with E-state index in [1.165, 1.54) is 0 Å². The van der Waals surface area contributed by atoms with Crippen molar-refractivity contribution in [1.29, 1.82) is 0 Å². The quantitative estimate of drug-likeness (QED) is 0.909. The molecule has 0 aliphatic carbocycles. The smallest absolute Gasteiger partial charge is 0.224 e. The van der Waals surface area contributed by atoms with Gasteiger partial charge in [-0.05, 0) is 17.7 Å². The van der Waals surface area contributed by atoms with Crippen LogP contribution in [0, 0.1) is 0 Å². The highest BCUT2D eigenvalue weighted by molar-refractivity contribution is 6.30. The number of aromatic amines is 1. The van der Waals surface area contributed by atoms with Gasteiger partial charge in [0.25, 0.3) is 0 Å². The summed E-state index contributed by atoms with van der Waals surface area (Å²) in [4.78, 5) is 21.1. The van der Waals surface area contributed by atoms with Gasteiger partial charge < -0.3 is 15.2 Å². The molecule has 0 saturated carbocycles. The minimum absolute atomic E-state index is 0.0183. The van der Waals surface area contributed by atoms with E-state index in [0.29, 0.717) is 18.0 Å². The number of likely N-dealkylation sites (N-methyl/N-ethyl adjacent to an activating group) is 1. The second-order valence-electron chi connectivity index (χ2n) is 5.23. The molecule has 21 heavy (non-hydrogen) atoms. The van der Waals surface area contributed by atoms with Crippen molar-refractivity contribution < 1.29 is 4.79 Å². The number of nitrogens with zero attached hydrogens (tertiary/aromatic N) is 2. The Morgan fingerprint density at radius 2 is 2.19 bits per heavy atom. The van der Waals surface area contributed by atoms with Gasteiger partial charge in [-0.3, -0.25) is 4.79 Å². The van der Waals surface area contributed by atoms with Gasteiger partial charge in [-0.1, -0.05) is 23.7 Å². The molecule has 1 fully saturated rings. The van der Waals surface area contributed by atoms with E-state index < -0.39 is 0 Å². The molecule has 0 radical (unpaired) electrons. The number of nitrogens with one attached hydrogen (secondary N) is 2. The number of rotatable bonds is 4. The van der Waals surface area contributed by atoms with Gasteiger partial charge in [-0.2, -0.15) is 0 Å². The third-order valence-corrected chi connectivity index (χ3v) is 4.14. The summed E-state index contributed by atoms with van der Waals surface area (Å²) >= 11 is 5.94. The van der Waals surface area contributed by atoms with Crippen LogP contribution >= 0.6 is 11.6 Å². The number of amides is 1. The second-order valence-corrected chi connectivity index (χ2v) is 5.66. The first-order valence-corrected chi connectivity index (χ1v) is 7.25. The fraction of sp³-hybridized carbons (Fsp3) is 0.333. The largest absolute Gasteiger partial charge is 0.348 e. The van der Waals surface area contributed by atoms with Crippen molar-refractivity contribution in [1.82, 2.24) is 20.2 Å². The Morgan fingerprint density at radius 3 is 2.86 bits per heavy atom. The fourth-order valence-electron chi connectivity index (χ4n) is 2.79. The van der Waals surface area contributed by atoms with Crippen molar-refractivity contribution in [3.8, 4) is 0 Å². The Morgan fingerprint density at radius 1 is 1.43 bits per heavy atom. The number of halogens is 1. The van der Waals surface area contributed by atoms with Crippen molar-refractivity contribution in [2.75, 3.05) is 7.05 Å². The predicted molar refractivity (Wildman–Crippen MR) is 80.8 cm³/mol. The first kappa shape index (κ1) is 14.1. The van der Waals surface area contributed by atoms with Crippen molar-refractivity contribution in [3.05, 3.63) is 53.1 Å². The zero-order valence-electron chi connectivity index (χ0n) is 11.7. The maximum Gasteiger partial charge on any atom is 0.224 e. The molecule has 1 aromatic heterocycles. The minimum atomic E-state index is 0.0183. The summed E-state index contributed by atoms with van der Waals surface area (Å²) < 4.78 is 0. The molecule has 1 aliphatic rings. The third-order valence-electron chi connectivity index (χ3n) is 3.88. The molecule has 0 spiro atoms. The zero-order chi connectivity index (χ0) is 14.8. The van der Waals surface area contributed by atoms with Gasteiger partial charge in [0.05, 0.1) is 12.6 Å². The van der Waals surface area contributed by atoms with E-state index in [-0.39, 0.29) is 18.0 Å². The molecule has 5 nitrogen and oxygen atoms in total. The molecule has 6 heteroatoms. The predicted octanol–water partition coefficient (Wildman–Crippen LogP) is 2.12. The standard InChI is InChI=1S/C15H17ClN4O/c1-20-14(21)8-12(19-9-13-17-6-7-18-13)15(20)10-2-4-11(16)5-3-10/h2-7,12,15,19H,8-9H2,1H3,(H,17,18)/t12-,15-/m0/s1. The summed E-state index contributed by atoms with van der Waals surface area (Å²) in [5.74, 6) is 1.01. The van der Waals surface area contributed by atoms with Crippen molar-refractivity contribution >= 4 is 17.5 Å². The van der Waals surface area contributed by atoms with Crippen LogP contribution in [0.2, 0.25) is 5.02 Å². The summed E-state index contributed by atoms with van der Waals surface area (Å²) in [6, 6.07) is 7.75. The first-order valence-electron chi connectivity index (χ1n) is 6.88. The lowest BCUT2D eigenvalue weighted by Crippen LogP contribution is -2.35. The van der Waals surface area contributed by atoms with Crippen LogP contribution in [0.25, 0.3) is 0 Å². The lowest BCUT2D eigenvalue weighted by atomic mass is 10.0. The van der Waals surface area contributed by atoms with E-state index in [1.807, 2.05) is 31.3 Å². The Bertz CT molecular complexity index is 611. The first-order chi connectivity index (χ1) is 10.1.